The highest BCUT2D eigenvalue weighted by Gasteiger charge is 2.32. The van der Waals surface area contributed by atoms with E-state index in [-0.39, 0.29) is 38.0 Å². The SMILES string of the molecule is C=CC[C@H](NC(=O)[C@H](CCCCN)NC(=O)[C@H](CCCCN)NC(=O)[C@H](C)N)C(=O)N[C@@H](Cc1ccc(F)cc1)C(=O)N[C@@H](CC(C)C)C(=O)O. The maximum absolute atomic E-state index is 13.7. The van der Waals surface area contributed by atoms with Crippen LogP contribution in [-0.4, -0.2) is 90.0 Å². The monoisotopic (exact) mass is 720 g/mol. The zero-order valence-electron chi connectivity index (χ0n) is 29.9. The number of unbranched alkanes of at least 4 members (excludes halogenated alkanes) is 2. The second-order valence-electron chi connectivity index (χ2n) is 13.0. The smallest absolute Gasteiger partial charge is 0.326 e. The van der Waals surface area contributed by atoms with E-state index in [1.807, 2.05) is 0 Å². The third-order valence-electron chi connectivity index (χ3n) is 7.92. The van der Waals surface area contributed by atoms with E-state index in [4.69, 9.17) is 17.2 Å². The topological polar surface area (TPSA) is 261 Å². The van der Waals surface area contributed by atoms with E-state index in [1.54, 1.807) is 13.8 Å². The second kappa shape index (κ2) is 23.9. The van der Waals surface area contributed by atoms with Crippen LogP contribution in [0, 0.1) is 11.7 Å². The van der Waals surface area contributed by atoms with Gasteiger partial charge in [0.15, 0.2) is 0 Å². The maximum Gasteiger partial charge on any atom is 0.326 e. The van der Waals surface area contributed by atoms with Gasteiger partial charge in [-0.3, -0.25) is 24.0 Å². The highest BCUT2D eigenvalue weighted by molar-refractivity contribution is 5.96. The zero-order chi connectivity index (χ0) is 38.5. The second-order valence-corrected chi connectivity index (χ2v) is 13.0. The summed E-state index contributed by atoms with van der Waals surface area (Å²) < 4.78 is 13.6. The molecule has 0 fully saturated rings. The quantitative estimate of drug-likeness (QED) is 0.0486. The Balaban J connectivity index is 3.29. The number of carbonyl (C=O) groups is 6. The molecule has 15 nitrogen and oxygen atoms in total. The van der Waals surface area contributed by atoms with Crippen LogP contribution in [-0.2, 0) is 35.2 Å². The Kier molecular flexibility index (Phi) is 20.9. The summed E-state index contributed by atoms with van der Waals surface area (Å²) >= 11 is 0. The fourth-order valence-electron chi connectivity index (χ4n) is 5.07. The molecule has 286 valence electrons. The number of nitrogens with two attached hydrogens (primary N) is 3. The van der Waals surface area contributed by atoms with Crippen molar-refractivity contribution in [3.63, 3.8) is 0 Å². The van der Waals surface area contributed by atoms with Gasteiger partial charge in [-0.1, -0.05) is 32.1 Å². The van der Waals surface area contributed by atoms with Gasteiger partial charge in [0.2, 0.25) is 29.5 Å². The third-order valence-corrected chi connectivity index (χ3v) is 7.92. The molecule has 0 saturated carbocycles. The van der Waals surface area contributed by atoms with Crippen molar-refractivity contribution >= 4 is 35.5 Å². The van der Waals surface area contributed by atoms with E-state index in [9.17, 15) is 38.3 Å². The number of carbonyl (C=O) groups excluding carboxylic acids is 5. The number of carboxylic acids is 1. The normalized spacial score (nSPS) is 14.6. The lowest BCUT2D eigenvalue weighted by molar-refractivity contribution is -0.142. The van der Waals surface area contributed by atoms with E-state index in [2.05, 4.69) is 33.2 Å². The minimum Gasteiger partial charge on any atom is -0.480 e. The molecule has 6 atom stereocenters. The standard InChI is InChI=1S/C35H57FN8O7/c1-5-10-25(31(46)43-28(20-23-13-15-24(36)16-14-23)34(49)44-29(35(50)51)19-21(2)3)41-33(48)27(12-7-9-18-38)42-32(47)26(11-6-8-17-37)40-30(45)22(4)39/h5,13-16,21-22,25-29H,1,6-12,17-20,37-39H2,2-4H3,(H,40,45)(H,41,48)(H,42,47)(H,43,46)(H,44,49)(H,50,51)/t22-,25-,26-,27-,28-,29-/m0/s1. The molecule has 12 N–H and O–H groups in total. The van der Waals surface area contributed by atoms with Crippen LogP contribution in [0.15, 0.2) is 36.9 Å². The summed E-state index contributed by atoms with van der Waals surface area (Å²) in [5, 5.41) is 22.7. The van der Waals surface area contributed by atoms with Crippen molar-refractivity contribution in [2.24, 2.45) is 23.1 Å². The largest absolute Gasteiger partial charge is 0.480 e. The van der Waals surface area contributed by atoms with Gasteiger partial charge in [-0.25, -0.2) is 9.18 Å². The summed E-state index contributed by atoms with van der Waals surface area (Å²) in [4.78, 5) is 78.4. The average molecular weight is 721 g/mol. The van der Waals surface area contributed by atoms with Crippen molar-refractivity contribution in [2.75, 3.05) is 13.1 Å². The molecular weight excluding hydrogens is 663 g/mol. The van der Waals surface area contributed by atoms with Crippen LogP contribution in [0.3, 0.4) is 0 Å². The summed E-state index contributed by atoms with van der Waals surface area (Å²) in [7, 11) is 0. The molecule has 0 aliphatic carbocycles. The van der Waals surface area contributed by atoms with Crippen LogP contribution in [0.1, 0.15) is 77.7 Å². The average Bonchev–Trinajstić information content (AvgIpc) is 3.07. The van der Waals surface area contributed by atoms with Crippen LogP contribution in [0.25, 0.3) is 0 Å². The lowest BCUT2D eigenvalue weighted by Gasteiger charge is -2.27. The molecule has 1 aromatic rings. The van der Waals surface area contributed by atoms with Crippen molar-refractivity contribution in [3.05, 3.63) is 48.3 Å². The Labute approximate surface area is 299 Å². The number of aliphatic carboxylic acids is 1. The summed E-state index contributed by atoms with van der Waals surface area (Å²) in [6.45, 7) is 9.46. The summed E-state index contributed by atoms with van der Waals surface area (Å²) in [6, 6.07) is -1.54. The van der Waals surface area contributed by atoms with Crippen LogP contribution in [0.4, 0.5) is 4.39 Å². The number of rotatable bonds is 25. The van der Waals surface area contributed by atoms with Crippen molar-refractivity contribution in [1.82, 2.24) is 26.6 Å². The van der Waals surface area contributed by atoms with Gasteiger partial charge in [-0.15, -0.1) is 6.58 Å². The lowest BCUT2D eigenvalue weighted by Crippen LogP contribution is -2.59. The molecular formula is C35H57FN8O7. The van der Waals surface area contributed by atoms with Gasteiger partial charge in [0.1, 0.15) is 36.0 Å². The van der Waals surface area contributed by atoms with Gasteiger partial charge in [0.25, 0.3) is 0 Å². The van der Waals surface area contributed by atoms with Gasteiger partial charge in [-0.05, 0) is 95.0 Å². The van der Waals surface area contributed by atoms with Crippen LogP contribution in [0.2, 0.25) is 0 Å². The predicted octanol–water partition coefficient (Wildman–Crippen LogP) is 0.104. The molecule has 1 rings (SSSR count). The molecule has 0 radical (unpaired) electrons. The van der Waals surface area contributed by atoms with E-state index in [0.717, 1.165) is 0 Å². The van der Waals surface area contributed by atoms with E-state index >= 15 is 0 Å². The van der Waals surface area contributed by atoms with Crippen LogP contribution >= 0.6 is 0 Å². The first-order valence-corrected chi connectivity index (χ1v) is 17.4. The first-order valence-electron chi connectivity index (χ1n) is 17.4. The number of amides is 5. The Morgan fingerprint density at radius 3 is 1.59 bits per heavy atom. The molecule has 16 heteroatoms. The Bertz CT molecular complexity index is 1300. The Hall–Kier alpha value is -4.41. The van der Waals surface area contributed by atoms with Gasteiger partial charge in [0.05, 0.1) is 6.04 Å². The zero-order valence-corrected chi connectivity index (χ0v) is 29.9. The molecule has 0 spiro atoms. The lowest BCUT2D eigenvalue weighted by atomic mass is 10.0. The van der Waals surface area contributed by atoms with E-state index in [1.165, 1.54) is 37.3 Å². The third kappa shape index (κ3) is 17.4. The first kappa shape index (κ1) is 44.6. The number of carboxylic acid groups (broad SMARTS) is 1. The fourth-order valence-corrected chi connectivity index (χ4v) is 5.07. The van der Waals surface area contributed by atoms with Gasteiger partial charge in [-0.2, -0.15) is 0 Å². The summed E-state index contributed by atoms with van der Waals surface area (Å²) in [6.07, 6.45) is 3.88. The molecule has 0 aromatic heterocycles. The number of benzene rings is 1. The Morgan fingerprint density at radius 2 is 1.14 bits per heavy atom. The molecule has 0 unspecified atom stereocenters. The minimum absolute atomic E-state index is 0.0660. The first-order chi connectivity index (χ1) is 24.1. The molecule has 5 amide bonds. The highest BCUT2D eigenvalue weighted by Crippen LogP contribution is 2.11. The molecule has 0 aliphatic rings. The predicted molar refractivity (Wildman–Crippen MR) is 191 cm³/mol. The van der Waals surface area contributed by atoms with Crippen molar-refractivity contribution in [1.29, 1.82) is 0 Å². The number of hydrogen-bond acceptors (Lipinski definition) is 9. The van der Waals surface area contributed by atoms with Crippen molar-refractivity contribution in [3.8, 4) is 0 Å². The Morgan fingerprint density at radius 1 is 0.706 bits per heavy atom. The molecule has 0 heterocycles. The number of hydrogen-bond donors (Lipinski definition) is 9. The van der Waals surface area contributed by atoms with Gasteiger partial charge < -0.3 is 48.9 Å². The molecule has 1 aromatic carbocycles. The summed E-state index contributed by atoms with van der Waals surface area (Å²) in [5.41, 5.74) is 17.4. The van der Waals surface area contributed by atoms with Gasteiger partial charge >= 0.3 is 5.97 Å². The van der Waals surface area contributed by atoms with Crippen LogP contribution in [0.5, 0.6) is 0 Å². The molecule has 51 heavy (non-hydrogen) atoms. The molecule has 0 saturated heterocycles. The highest BCUT2D eigenvalue weighted by atomic mass is 19.1. The van der Waals surface area contributed by atoms with Crippen molar-refractivity contribution < 1.29 is 38.3 Å². The molecule has 0 bridgehead atoms. The minimum atomic E-state index is -1.30. The maximum atomic E-state index is 13.7. The number of nitrogens with one attached hydrogen (secondary N) is 5. The van der Waals surface area contributed by atoms with E-state index < -0.39 is 77.6 Å². The fraction of sp³-hybridized carbons (Fsp3) is 0.600. The summed E-state index contributed by atoms with van der Waals surface area (Å²) in [5.74, 6) is -5.26. The molecule has 0 aliphatic heterocycles. The van der Waals surface area contributed by atoms with Gasteiger partial charge in [0, 0.05) is 6.42 Å². The van der Waals surface area contributed by atoms with Crippen LogP contribution < -0.4 is 43.8 Å². The van der Waals surface area contributed by atoms with E-state index in [0.29, 0.717) is 44.3 Å². The van der Waals surface area contributed by atoms with Crippen molar-refractivity contribution in [2.45, 2.75) is 115 Å². The number of halogens is 1.